The Morgan fingerprint density at radius 1 is 1.29 bits per heavy atom. The Hall–Kier alpha value is -0.820. The van der Waals surface area contributed by atoms with Crippen LogP contribution in [0, 0.1) is 0 Å². The number of fused-ring (bicyclic) bond motifs is 1. The van der Waals surface area contributed by atoms with Crippen molar-refractivity contribution in [1.82, 2.24) is 0 Å². The van der Waals surface area contributed by atoms with E-state index in [9.17, 15) is 0 Å². The van der Waals surface area contributed by atoms with Crippen LogP contribution in [0.4, 0.5) is 0 Å². The van der Waals surface area contributed by atoms with E-state index < -0.39 is 0 Å². The van der Waals surface area contributed by atoms with Crippen molar-refractivity contribution in [2.75, 3.05) is 0 Å². The minimum atomic E-state index is 0.364. The van der Waals surface area contributed by atoms with E-state index in [0.29, 0.717) is 12.0 Å². The molecule has 94 valence electrons. The number of hydrogen-bond acceptors (Lipinski definition) is 1. The molecular formula is C16H25N. The van der Waals surface area contributed by atoms with E-state index in [0.717, 1.165) is 0 Å². The van der Waals surface area contributed by atoms with Crippen molar-refractivity contribution in [3.8, 4) is 0 Å². The van der Waals surface area contributed by atoms with E-state index in [1.165, 1.54) is 56.1 Å². The Labute approximate surface area is 105 Å². The molecule has 0 radical (unpaired) electrons. The summed E-state index contributed by atoms with van der Waals surface area (Å²) in [5.74, 6) is 0.608. The zero-order valence-corrected chi connectivity index (χ0v) is 11.0. The van der Waals surface area contributed by atoms with Crippen molar-refractivity contribution in [3.63, 3.8) is 0 Å². The molecule has 0 aromatic heterocycles. The van der Waals surface area contributed by atoms with Gasteiger partial charge in [-0.2, -0.15) is 0 Å². The molecule has 2 rings (SSSR count). The van der Waals surface area contributed by atoms with Gasteiger partial charge in [-0.1, -0.05) is 50.5 Å². The lowest BCUT2D eigenvalue weighted by Gasteiger charge is -2.30. The van der Waals surface area contributed by atoms with Gasteiger partial charge >= 0.3 is 0 Å². The fourth-order valence-electron chi connectivity index (χ4n) is 3.07. The fourth-order valence-corrected chi connectivity index (χ4v) is 3.07. The summed E-state index contributed by atoms with van der Waals surface area (Å²) in [6, 6.07) is 9.25. The highest BCUT2D eigenvalue weighted by Crippen LogP contribution is 2.34. The predicted molar refractivity (Wildman–Crippen MR) is 74.2 cm³/mol. The van der Waals surface area contributed by atoms with Gasteiger partial charge in [0.15, 0.2) is 0 Å². The van der Waals surface area contributed by atoms with Crippen LogP contribution in [0.1, 0.15) is 62.5 Å². The van der Waals surface area contributed by atoms with Crippen molar-refractivity contribution in [1.29, 1.82) is 0 Å². The normalized spacial score (nSPS) is 20.9. The van der Waals surface area contributed by atoms with E-state index in [-0.39, 0.29) is 0 Å². The maximum absolute atomic E-state index is 6.40. The Balaban J connectivity index is 2.02. The minimum absolute atomic E-state index is 0.364. The smallest absolute Gasteiger partial charge is 0.0108 e. The summed E-state index contributed by atoms with van der Waals surface area (Å²) in [7, 11) is 0. The summed E-state index contributed by atoms with van der Waals surface area (Å²) in [5, 5.41) is 0. The Morgan fingerprint density at radius 3 is 2.94 bits per heavy atom. The van der Waals surface area contributed by atoms with Gasteiger partial charge in [0, 0.05) is 6.04 Å². The van der Waals surface area contributed by atoms with Crippen LogP contribution >= 0.6 is 0 Å². The maximum atomic E-state index is 6.40. The van der Waals surface area contributed by atoms with Crippen molar-refractivity contribution < 1.29 is 0 Å². The van der Waals surface area contributed by atoms with Crippen LogP contribution < -0.4 is 5.73 Å². The third-order valence-corrected chi connectivity index (χ3v) is 4.07. The van der Waals surface area contributed by atoms with Crippen LogP contribution in [0.2, 0.25) is 0 Å². The summed E-state index contributed by atoms with van der Waals surface area (Å²) >= 11 is 0. The fraction of sp³-hybridized carbons (Fsp3) is 0.625. The maximum Gasteiger partial charge on any atom is 0.0108 e. The van der Waals surface area contributed by atoms with E-state index in [1.54, 1.807) is 0 Å². The monoisotopic (exact) mass is 231 g/mol. The lowest BCUT2D eigenvalue weighted by molar-refractivity contribution is 0.428. The Morgan fingerprint density at radius 2 is 2.12 bits per heavy atom. The van der Waals surface area contributed by atoms with Crippen LogP contribution in [0.5, 0.6) is 0 Å². The lowest BCUT2D eigenvalue weighted by atomic mass is 9.78. The molecule has 1 aromatic carbocycles. The molecule has 17 heavy (non-hydrogen) atoms. The third kappa shape index (κ3) is 3.10. The second-order valence-corrected chi connectivity index (χ2v) is 5.36. The molecule has 1 aromatic rings. The minimum Gasteiger partial charge on any atom is -0.327 e. The molecule has 0 amide bonds. The Bertz CT molecular complexity index is 345. The van der Waals surface area contributed by atoms with Crippen molar-refractivity contribution in [3.05, 3.63) is 35.4 Å². The van der Waals surface area contributed by atoms with Crippen LogP contribution in [0.3, 0.4) is 0 Å². The van der Waals surface area contributed by atoms with Crippen LogP contribution in [0.15, 0.2) is 24.3 Å². The van der Waals surface area contributed by atoms with Gasteiger partial charge in [-0.15, -0.1) is 0 Å². The molecule has 1 aliphatic carbocycles. The van der Waals surface area contributed by atoms with E-state index in [1.807, 2.05) is 0 Å². The molecule has 2 atom stereocenters. The predicted octanol–water partition coefficient (Wildman–Crippen LogP) is 4.01. The number of nitrogens with two attached hydrogens (primary N) is 1. The molecule has 0 saturated heterocycles. The van der Waals surface area contributed by atoms with Crippen LogP contribution in [-0.4, -0.2) is 6.04 Å². The average molecular weight is 231 g/mol. The second kappa shape index (κ2) is 6.20. The standard InChI is InChI=1S/C16H25N/c1-2-3-4-12-16(17)15-11-7-9-13-8-5-6-10-14(13)15/h5-6,8,10,15-16H,2-4,7,9,11-12,17H2,1H3. The number of hydrogen-bond donors (Lipinski definition) is 1. The summed E-state index contributed by atoms with van der Waals surface area (Å²) in [5.41, 5.74) is 9.47. The molecule has 0 aliphatic heterocycles. The molecule has 0 saturated carbocycles. The number of unbranched alkanes of at least 4 members (excludes halogenated alkanes) is 2. The number of rotatable bonds is 5. The van der Waals surface area contributed by atoms with E-state index >= 15 is 0 Å². The average Bonchev–Trinajstić information content (AvgIpc) is 2.38. The zero-order valence-electron chi connectivity index (χ0n) is 11.0. The molecule has 0 bridgehead atoms. The SMILES string of the molecule is CCCCCC(N)C1CCCc2ccccc21. The molecule has 2 N–H and O–H groups in total. The molecule has 0 heterocycles. The van der Waals surface area contributed by atoms with Crippen molar-refractivity contribution in [2.45, 2.75) is 63.8 Å². The van der Waals surface area contributed by atoms with Gasteiger partial charge in [-0.3, -0.25) is 0 Å². The summed E-state index contributed by atoms with van der Waals surface area (Å²) in [6.45, 7) is 2.25. The molecule has 0 spiro atoms. The van der Waals surface area contributed by atoms with Gasteiger partial charge in [0.1, 0.15) is 0 Å². The first-order valence-corrected chi connectivity index (χ1v) is 7.16. The first kappa shape index (κ1) is 12.6. The van der Waals surface area contributed by atoms with Crippen molar-refractivity contribution >= 4 is 0 Å². The summed E-state index contributed by atoms with van der Waals surface area (Å²) < 4.78 is 0. The van der Waals surface area contributed by atoms with Gasteiger partial charge in [-0.05, 0) is 42.7 Å². The quantitative estimate of drug-likeness (QED) is 0.761. The summed E-state index contributed by atoms with van der Waals surface area (Å²) in [6.07, 6.45) is 8.92. The second-order valence-electron chi connectivity index (χ2n) is 5.36. The third-order valence-electron chi connectivity index (χ3n) is 4.07. The highest BCUT2D eigenvalue weighted by atomic mass is 14.6. The highest BCUT2D eigenvalue weighted by Gasteiger charge is 2.24. The number of aryl methyl sites for hydroxylation is 1. The zero-order chi connectivity index (χ0) is 12.1. The largest absolute Gasteiger partial charge is 0.327 e. The Kier molecular flexibility index (Phi) is 4.61. The number of benzene rings is 1. The first-order chi connectivity index (χ1) is 8.33. The van der Waals surface area contributed by atoms with Gasteiger partial charge in [0.2, 0.25) is 0 Å². The molecule has 0 fully saturated rings. The molecule has 1 aliphatic rings. The van der Waals surface area contributed by atoms with Gasteiger partial charge in [0.25, 0.3) is 0 Å². The van der Waals surface area contributed by atoms with Crippen LogP contribution in [0.25, 0.3) is 0 Å². The van der Waals surface area contributed by atoms with E-state index in [2.05, 4.69) is 31.2 Å². The topological polar surface area (TPSA) is 26.0 Å². The molecule has 1 nitrogen and oxygen atoms in total. The molecule has 1 heteroatoms. The van der Waals surface area contributed by atoms with Crippen molar-refractivity contribution in [2.24, 2.45) is 5.73 Å². The summed E-state index contributed by atoms with van der Waals surface area (Å²) in [4.78, 5) is 0. The lowest BCUT2D eigenvalue weighted by Crippen LogP contribution is -2.30. The van der Waals surface area contributed by atoms with Gasteiger partial charge in [-0.25, -0.2) is 0 Å². The molecular weight excluding hydrogens is 206 g/mol. The first-order valence-electron chi connectivity index (χ1n) is 7.16. The molecule has 2 unspecified atom stereocenters. The van der Waals surface area contributed by atoms with Gasteiger partial charge < -0.3 is 5.73 Å². The highest BCUT2D eigenvalue weighted by molar-refractivity contribution is 5.33. The van der Waals surface area contributed by atoms with E-state index in [4.69, 9.17) is 5.73 Å². The van der Waals surface area contributed by atoms with Crippen LogP contribution in [-0.2, 0) is 6.42 Å². The van der Waals surface area contributed by atoms with Gasteiger partial charge in [0.05, 0.1) is 0 Å².